The Balaban J connectivity index is 2.00. The lowest BCUT2D eigenvalue weighted by Gasteiger charge is -2.18. The van der Waals surface area contributed by atoms with E-state index in [9.17, 15) is 18.0 Å². The molecule has 2 aromatic carbocycles. The van der Waals surface area contributed by atoms with Gasteiger partial charge in [-0.05, 0) is 42.7 Å². The average molecular weight is 444 g/mol. The highest BCUT2D eigenvalue weighted by Crippen LogP contribution is 2.17. The van der Waals surface area contributed by atoms with Crippen LogP contribution >= 0.6 is 0 Å². The molecule has 0 fully saturated rings. The van der Waals surface area contributed by atoms with Crippen molar-refractivity contribution in [2.45, 2.75) is 45.1 Å². The summed E-state index contributed by atoms with van der Waals surface area (Å²) in [6.07, 6.45) is 2.71. The molecule has 0 N–H and O–H groups in total. The lowest BCUT2D eigenvalue weighted by Crippen LogP contribution is -2.30. The number of esters is 1. The highest BCUT2D eigenvalue weighted by Gasteiger charge is 2.21. The summed E-state index contributed by atoms with van der Waals surface area (Å²) in [4.78, 5) is 24.7. The molecule has 0 amide bonds. The fraction of sp³-hybridized carbons (Fsp3) is 0.333. The maximum absolute atomic E-state index is 12.5. The van der Waals surface area contributed by atoms with Gasteiger partial charge < -0.3 is 4.74 Å². The lowest BCUT2D eigenvalue weighted by atomic mass is 10.0. The molecule has 6 nitrogen and oxygen atoms in total. The molecule has 1 atom stereocenters. The quantitative estimate of drug-likeness (QED) is 0.314. The largest absolute Gasteiger partial charge is 0.451 e. The number of rotatable bonds is 10. The zero-order valence-corrected chi connectivity index (χ0v) is 19.2. The number of carbonyl (C=O) groups excluding carboxylic acids is 2. The van der Waals surface area contributed by atoms with Gasteiger partial charge in [-0.1, -0.05) is 57.2 Å². The Labute approximate surface area is 184 Å². The molecule has 0 aliphatic heterocycles. The van der Waals surface area contributed by atoms with Gasteiger partial charge in [0.1, 0.15) is 0 Å². The molecule has 2 aromatic rings. The second kappa shape index (κ2) is 11.0. The molecule has 2 rings (SSSR count). The number of Topliss-reactive ketones (excluding diaryl/α,β-unsaturated/α-hetero) is 1. The van der Waals surface area contributed by atoms with Crippen molar-refractivity contribution in [1.82, 2.24) is 4.31 Å². The van der Waals surface area contributed by atoms with E-state index >= 15 is 0 Å². The molecule has 0 bridgehead atoms. The topological polar surface area (TPSA) is 80.8 Å². The molecule has 1 unspecified atom stereocenters. The highest BCUT2D eigenvalue weighted by atomic mass is 32.2. The molecular weight excluding hydrogens is 414 g/mol. The zero-order chi connectivity index (χ0) is 23.0. The summed E-state index contributed by atoms with van der Waals surface area (Å²) < 4.78 is 31.6. The molecule has 0 radical (unpaired) electrons. The van der Waals surface area contributed by atoms with Crippen LogP contribution in [0, 0.1) is 0 Å². The van der Waals surface area contributed by atoms with E-state index in [-0.39, 0.29) is 10.7 Å². The Morgan fingerprint density at radius 3 is 2.06 bits per heavy atom. The molecular formula is C24H29NO5S. The van der Waals surface area contributed by atoms with Crippen LogP contribution in [-0.2, 0) is 26.0 Å². The van der Waals surface area contributed by atoms with Crippen molar-refractivity contribution in [3.63, 3.8) is 0 Å². The first-order valence-electron chi connectivity index (χ1n) is 10.3. The summed E-state index contributed by atoms with van der Waals surface area (Å²) >= 11 is 0. The maximum atomic E-state index is 12.5. The van der Waals surface area contributed by atoms with E-state index in [2.05, 4.69) is 0 Å². The van der Waals surface area contributed by atoms with Crippen molar-refractivity contribution in [3.8, 4) is 0 Å². The number of carbonyl (C=O) groups is 2. The van der Waals surface area contributed by atoms with Crippen LogP contribution in [0.5, 0.6) is 0 Å². The lowest BCUT2D eigenvalue weighted by molar-refractivity contribution is -0.140. The Morgan fingerprint density at radius 2 is 1.55 bits per heavy atom. The molecule has 0 aromatic heterocycles. The molecule has 0 heterocycles. The number of hydrogen-bond donors (Lipinski definition) is 0. The van der Waals surface area contributed by atoms with E-state index in [1.54, 1.807) is 38.1 Å². The van der Waals surface area contributed by atoms with Gasteiger partial charge in [-0.25, -0.2) is 13.2 Å². The Bertz CT molecular complexity index is 1020. The van der Waals surface area contributed by atoms with E-state index in [0.717, 1.165) is 12.0 Å². The van der Waals surface area contributed by atoms with Crippen LogP contribution in [-0.4, -0.2) is 43.7 Å². The Kier molecular flexibility index (Phi) is 8.71. The zero-order valence-electron chi connectivity index (χ0n) is 18.4. The van der Waals surface area contributed by atoms with Gasteiger partial charge in [-0.15, -0.1) is 0 Å². The van der Waals surface area contributed by atoms with E-state index < -0.39 is 22.1 Å². The molecule has 166 valence electrons. The van der Waals surface area contributed by atoms with Crippen LogP contribution in [0.25, 0.3) is 6.08 Å². The van der Waals surface area contributed by atoms with Crippen LogP contribution in [0.4, 0.5) is 0 Å². The minimum atomic E-state index is -3.53. The second-order valence-corrected chi connectivity index (χ2v) is 8.92. The van der Waals surface area contributed by atoms with Crippen molar-refractivity contribution in [2.24, 2.45) is 0 Å². The predicted molar refractivity (Wildman–Crippen MR) is 121 cm³/mol. The number of ketones is 1. The normalized spacial score (nSPS) is 12.8. The number of hydrogen-bond acceptors (Lipinski definition) is 5. The number of benzene rings is 2. The number of ether oxygens (including phenoxy) is 1. The van der Waals surface area contributed by atoms with Crippen molar-refractivity contribution in [3.05, 3.63) is 71.3 Å². The van der Waals surface area contributed by atoms with Crippen LogP contribution in [0.1, 0.15) is 49.2 Å². The first-order chi connectivity index (χ1) is 14.7. The Morgan fingerprint density at radius 1 is 0.968 bits per heavy atom. The number of nitrogens with zero attached hydrogens (tertiary/aromatic N) is 1. The van der Waals surface area contributed by atoms with Gasteiger partial charge in [-0.2, -0.15) is 4.31 Å². The van der Waals surface area contributed by atoms with E-state index in [1.807, 2.05) is 19.1 Å². The molecule has 7 heteroatoms. The monoisotopic (exact) mass is 443 g/mol. The first kappa shape index (κ1) is 24.5. The van der Waals surface area contributed by atoms with Crippen molar-refractivity contribution in [2.75, 3.05) is 13.1 Å². The fourth-order valence-corrected chi connectivity index (χ4v) is 4.49. The summed E-state index contributed by atoms with van der Waals surface area (Å²) in [5.41, 5.74) is 2.26. The first-order valence-corrected chi connectivity index (χ1v) is 11.8. The third-order valence-corrected chi connectivity index (χ3v) is 7.01. The van der Waals surface area contributed by atoms with Gasteiger partial charge in [-0.3, -0.25) is 4.79 Å². The molecule has 31 heavy (non-hydrogen) atoms. The summed E-state index contributed by atoms with van der Waals surface area (Å²) in [6, 6.07) is 13.5. The van der Waals surface area contributed by atoms with Gasteiger partial charge in [0.15, 0.2) is 6.10 Å². The van der Waals surface area contributed by atoms with Gasteiger partial charge in [0, 0.05) is 24.7 Å². The minimum absolute atomic E-state index is 0.198. The number of aryl methyl sites for hydroxylation is 1. The molecule has 0 spiro atoms. The van der Waals surface area contributed by atoms with Crippen LogP contribution in [0.3, 0.4) is 0 Å². The molecule has 0 aliphatic rings. The van der Waals surface area contributed by atoms with Gasteiger partial charge in [0.05, 0.1) is 4.90 Å². The molecule has 0 aliphatic carbocycles. The molecule has 0 saturated carbocycles. The van der Waals surface area contributed by atoms with Crippen LogP contribution in [0.2, 0.25) is 0 Å². The summed E-state index contributed by atoms with van der Waals surface area (Å²) in [6.45, 7) is 7.93. The van der Waals surface area contributed by atoms with E-state index in [1.165, 1.54) is 35.5 Å². The standard InChI is InChI=1S/C24H29NO5S/c1-5-19-8-13-21(14-9-19)24(27)18(4)30-23(26)17-12-20-10-15-22(16-11-20)31(28,29)25(6-2)7-3/h8-18H,5-7H2,1-4H3. The second-order valence-electron chi connectivity index (χ2n) is 6.99. The van der Waals surface area contributed by atoms with E-state index in [0.29, 0.717) is 24.2 Å². The van der Waals surface area contributed by atoms with Crippen molar-refractivity contribution in [1.29, 1.82) is 0 Å². The van der Waals surface area contributed by atoms with Crippen molar-refractivity contribution >= 4 is 27.9 Å². The van der Waals surface area contributed by atoms with Crippen molar-refractivity contribution < 1.29 is 22.7 Å². The maximum Gasteiger partial charge on any atom is 0.331 e. The average Bonchev–Trinajstić information content (AvgIpc) is 2.78. The van der Waals surface area contributed by atoms with Gasteiger partial charge in [0.25, 0.3) is 0 Å². The third-order valence-electron chi connectivity index (χ3n) is 4.94. The Hall–Kier alpha value is -2.77. The summed E-state index contributed by atoms with van der Waals surface area (Å²) in [5.74, 6) is -0.916. The van der Waals surface area contributed by atoms with Gasteiger partial charge in [0.2, 0.25) is 15.8 Å². The number of sulfonamides is 1. The van der Waals surface area contributed by atoms with Crippen LogP contribution < -0.4 is 0 Å². The summed E-state index contributed by atoms with van der Waals surface area (Å²) in [7, 11) is -3.53. The molecule has 0 saturated heterocycles. The fourth-order valence-electron chi connectivity index (χ4n) is 3.03. The summed E-state index contributed by atoms with van der Waals surface area (Å²) in [5, 5.41) is 0. The SMILES string of the molecule is CCc1ccc(C(=O)C(C)OC(=O)C=Cc2ccc(S(=O)(=O)N(CC)CC)cc2)cc1. The van der Waals surface area contributed by atoms with Crippen LogP contribution in [0.15, 0.2) is 59.5 Å². The predicted octanol–water partition coefficient (Wildman–Crippen LogP) is 4.11. The van der Waals surface area contributed by atoms with E-state index in [4.69, 9.17) is 4.74 Å². The highest BCUT2D eigenvalue weighted by molar-refractivity contribution is 7.89. The van der Waals surface area contributed by atoms with Gasteiger partial charge >= 0.3 is 5.97 Å². The smallest absolute Gasteiger partial charge is 0.331 e. The minimum Gasteiger partial charge on any atom is -0.451 e. The third kappa shape index (κ3) is 6.35.